The molecule has 19 heavy (non-hydrogen) atoms. The van der Waals surface area contributed by atoms with Crippen molar-refractivity contribution in [1.82, 2.24) is 14.7 Å². The molecule has 4 nitrogen and oxygen atoms in total. The van der Waals surface area contributed by atoms with Gasteiger partial charge in [0.15, 0.2) is 0 Å². The molecule has 0 bridgehead atoms. The highest BCUT2D eigenvalue weighted by molar-refractivity contribution is 4.99. The van der Waals surface area contributed by atoms with Crippen molar-refractivity contribution in [2.45, 2.75) is 43.7 Å². The first kappa shape index (κ1) is 13.8. The van der Waals surface area contributed by atoms with Crippen molar-refractivity contribution >= 4 is 0 Å². The van der Waals surface area contributed by atoms with Gasteiger partial charge in [-0.3, -0.25) is 9.80 Å². The Morgan fingerprint density at radius 1 is 1.05 bits per heavy atom. The summed E-state index contributed by atoms with van der Waals surface area (Å²) in [6.45, 7) is 8.42. The van der Waals surface area contributed by atoms with E-state index < -0.39 is 0 Å². The van der Waals surface area contributed by atoms with Gasteiger partial charge in [-0.25, -0.2) is 0 Å². The highest BCUT2D eigenvalue weighted by Crippen LogP contribution is 2.31. The van der Waals surface area contributed by atoms with Gasteiger partial charge < -0.3 is 10.6 Å². The minimum absolute atomic E-state index is 0.297. The summed E-state index contributed by atoms with van der Waals surface area (Å²) >= 11 is 0. The van der Waals surface area contributed by atoms with Crippen LogP contribution in [0.25, 0.3) is 0 Å². The third kappa shape index (κ3) is 2.68. The maximum absolute atomic E-state index is 6.23. The van der Waals surface area contributed by atoms with Crippen LogP contribution >= 0.6 is 0 Å². The molecule has 3 heterocycles. The number of nitrogens with zero attached hydrogens (tertiary/aromatic N) is 3. The number of hydrogen-bond donors (Lipinski definition) is 1. The lowest BCUT2D eigenvalue weighted by Gasteiger charge is -2.48. The summed E-state index contributed by atoms with van der Waals surface area (Å²) in [4.78, 5) is 7.95. The zero-order chi connectivity index (χ0) is 13.3. The standard InChI is InChI=1S/C15H30N4/c1-17-10-5-15(13-16,6-11-17)19-9-3-8-18-7-2-4-14(18)12-19/h14H,2-13,16H2,1H3. The van der Waals surface area contributed by atoms with Gasteiger partial charge in [0, 0.05) is 31.2 Å². The van der Waals surface area contributed by atoms with Crippen molar-refractivity contribution in [2.24, 2.45) is 5.73 Å². The SMILES string of the molecule is CN1CCC(CN)(N2CCCN3CCCC3C2)CC1. The van der Waals surface area contributed by atoms with Crippen molar-refractivity contribution in [1.29, 1.82) is 0 Å². The Morgan fingerprint density at radius 3 is 2.53 bits per heavy atom. The van der Waals surface area contributed by atoms with Crippen molar-refractivity contribution in [2.75, 3.05) is 52.9 Å². The minimum atomic E-state index is 0.297. The van der Waals surface area contributed by atoms with Gasteiger partial charge in [0.1, 0.15) is 0 Å². The summed E-state index contributed by atoms with van der Waals surface area (Å²) in [5, 5.41) is 0. The number of rotatable bonds is 2. The predicted molar refractivity (Wildman–Crippen MR) is 79.3 cm³/mol. The Hall–Kier alpha value is -0.160. The fourth-order valence-electron chi connectivity index (χ4n) is 4.32. The first-order valence-electron chi connectivity index (χ1n) is 8.11. The van der Waals surface area contributed by atoms with Gasteiger partial charge in [0.25, 0.3) is 0 Å². The van der Waals surface area contributed by atoms with E-state index in [2.05, 4.69) is 21.7 Å². The topological polar surface area (TPSA) is 35.7 Å². The second kappa shape index (κ2) is 5.68. The third-order valence-electron chi connectivity index (χ3n) is 5.77. The Labute approximate surface area is 117 Å². The molecule has 2 N–H and O–H groups in total. The van der Waals surface area contributed by atoms with Crippen LogP contribution in [-0.2, 0) is 0 Å². The minimum Gasteiger partial charge on any atom is -0.329 e. The van der Waals surface area contributed by atoms with E-state index in [0.29, 0.717) is 5.54 Å². The second-order valence-electron chi connectivity index (χ2n) is 6.86. The van der Waals surface area contributed by atoms with Gasteiger partial charge in [-0.05, 0) is 65.3 Å². The van der Waals surface area contributed by atoms with Crippen LogP contribution in [0.2, 0.25) is 0 Å². The Morgan fingerprint density at radius 2 is 1.79 bits per heavy atom. The quantitative estimate of drug-likeness (QED) is 0.793. The van der Waals surface area contributed by atoms with Crippen LogP contribution in [0.1, 0.15) is 32.1 Å². The van der Waals surface area contributed by atoms with Crippen molar-refractivity contribution < 1.29 is 0 Å². The Bertz CT molecular complexity index is 299. The Balaban J connectivity index is 1.71. The number of fused-ring (bicyclic) bond motifs is 1. The van der Waals surface area contributed by atoms with E-state index in [1.165, 1.54) is 71.4 Å². The lowest BCUT2D eigenvalue weighted by atomic mass is 9.85. The summed E-state index contributed by atoms with van der Waals surface area (Å²) in [5.41, 5.74) is 6.53. The van der Waals surface area contributed by atoms with E-state index in [0.717, 1.165) is 12.6 Å². The van der Waals surface area contributed by atoms with E-state index in [1.54, 1.807) is 0 Å². The van der Waals surface area contributed by atoms with E-state index in [-0.39, 0.29) is 0 Å². The van der Waals surface area contributed by atoms with Gasteiger partial charge in [0.05, 0.1) is 0 Å². The monoisotopic (exact) mass is 266 g/mol. The summed E-state index contributed by atoms with van der Waals surface area (Å²) in [5.74, 6) is 0. The molecule has 0 amide bonds. The summed E-state index contributed by atoms with van der Waals surface area (Å²) in [7, 11) is 2.24. The molecule has 0 aromatic rings. The van der Waals surface area contributed by atoms with Gasteiger partial charge in [0.2, 0.25) is 0 Å². The van der Waals surface area contributed by atoms with Crippen LogP contribution in [0, 0.1) is 0 Å². The molecule has 1 unspecified atom stereocenters. The maximum atomic E-state index is 6.23. The lowest BCUT2D eigenvalue weighted by molar-refractivity contribution is 0.0292. The van der Waals surface area contributed by atoms with Gasteiger partial charge in [-0.2, -0.15) is 0 Å². The van der Waals surface area contributed by atoms with E-state index >= 15 is 0 Å². The molecule has 0 aromatic heterocycles. The fourth-order valence-corrected chi connectivity index (χ4v) is 4.32. The second-order valence-corrected chi connectivity index (χ2v) is 6.86. The molecule has 0 radical (unpaired) electrons. The number of likely N-dealkylation sites (tertiary alicyclic amines) is 1. The molecule has 1 atom stereocenters. The Kier molecular flexibility index (Phi) is 4.13. The van der Waals surface area contributed by atoms with E-state index in [9.17, 15) is 0 Å². The molecule has 3 fully saturated rings. The summed E-state index contributed by atoms with van der Waals surface area (Å²) in [6, 6.07) is 0.811. The molecule has 0 aromatic carbocycles. The van der Waals surface area contributed by atoms with Crippen molar-refractivity contribution in [3.05, 3.63) is 0 Å². The zero-order valence-electron chi connectivity index (χ0n) is 12.5. The molecule has 4 heteroatoms. The predicted octanol–water partition coefficient (Wildman–Crippen LogP) is 0.580. The largest absolute Gasteiger partial charge is 0.329 e. The average molecular weight is 266 g/mol. The van der Waals surface area contributed by atoms with Gasteiger partial charge in [-0.1, -0.05) is 0 Å². The van der Waals surface area contributed by atoms with Gasteiger partial charge in [-0.15, -0.1) is 0 Å². The molecule has 3 saturated heterocycles. The molecule has 0 spiro atoms. The van der Waals surface area contributed by atoms with E-state index in [4.69, 9.17) is 5.73 Å². The van der Waals surface area contributed by atoms with Crippen LogP contribution < -0.4 is 5.73 Å². The normalized spacial score (nSPS) is 34.1. The van der Waals surface area contributed by atoms with Crippen LogP contribution in [0.15, 0.2) is 0 Å². The smallest absolute Gasteiger partial charge is 0.0356 e. The van der Waals surface area contributed by atoms with Crippen LogP contribution in [-0.4, -0.2) is 79.1 Å². The maximum Gasteiger partial charge on any atom is 0.0356 e. The van der Waals surface area contributed by atoms with Gasteiger partial charge >= 0.3 is 0 Å². The first-order chi connectivity index (χ1) is 9.23. The molecule has 0 aliphatic carbocycles. The lowest BCUT2D eigenvalue weighted by Crippen LogP contribution is -2.60. The van der Waals surface area contributed by atoms with Crippen molar-refractivity contribution in [3.63, 3.8) is 0 Å². The molecular formula is C15H30N4. The number of hydrogen-bond acceptors (Lipinski definition) is 4. The summed E-state index contributed by atoms with van der Waals surface area (Å²) in [6.07, 6.45) is 6.64. The molecule has 3 rings (SSSR count). The molecule has 3 aliphatic rings. The molecule has 0 saturated carbocycles. The number of piperidine rings is 1. The fraction of sp³-hybridized carbons (Fsp3) is 1.00. The van der Waals surface area contributed by atoms with Crippen LogP contribution in [0.4, 0.5) is 0 Å². The highest BCUT2D eigenvalue weighted by Gasteiger charge is 2.41. The van der Waals surface area contributed by atoms with Crippen LogP contribution in [0.3, 0.4) is 0 Å². The first-order valence-corrected chi connectivity index (χ1v) is 8.11. The average Bonchev–Trinajstić information content (AvgIpc) is 2.77. The summed E-state index contributed by atoms with van der Waals surface area (Å²) < 4.78 is 0. The zero-order valence-corrected chi connectivity index (χ0v) is 12.5. The third-order valence-corrected chi connectivity index (χ3v) is 5.77. The van der Waals surface area contributed by atoms with E-state index in [1.807, 2.05) is 0 Å². The molecular weight excluding hydrogens is 236 g/mol. The molecule has 3 aliphatic heterocycles. The molecule has 110 valence electrons. The highest BCUT2D eigenvalue weighted by atomic mass is 15.3. The van der Waals surface area contributed by atoms with Crippen molar-refractivity contribution in [3.8, 4) is 0 Å². The number of nitrogens with two attached hydrogens (primary N) is 1. The van der Waals surface area contributed by atoms with Crippen LogP contribution in [0.5, 0.6) is 0 Å².